The molecule has 2 fully saturated rings. The highest BCUT2D eigenvalue weighted by Crippen LogP contribution is 2.53. The molecule has 0 aromatic heterocycles. The number of rotatable bonds is 0. The van der Waals surface area contributed by atoms with Crippen molar-refractivity contribution in [3.63, 3.8) is 0 Å². The molecule has 0 N–H and O–H groups in total. The highest BCUT2D eigenvalue weighted by Gasteiger charge is 2.48. The van der Waals surface area contributed by atoms with Gasteiger partial charge in [0.15, 0.2) is 0 Å². The van der Waals surface area contributed by atoms with E-state index in [2.05, 4.69) is 13.8 Å². The molecule has 3 unspecified atom stereocenters. The predicted molar refractivity (Wildman–Crippen MR) is 60.2 cm³/mol. The Morgan fingerprint density at radius 2 is 1.93 bits per heavy atom. The molecule has 0 aliphatic heterocycles. The van der Waals surface area contributed by atoms with Crippen molar-refractivity contribution in [2.45, 2.75) is 59.8 Å². The van der Waals surface area contributed by atoms with Gasteiger partial charge in [-0.3, -0.25) is 4.79 Å². The van der Waals surface area contributed by atoms with E-state index in [-0.39, 0.29) is 0 Å². The average Bonchev–Trinajstić information content (AvgIpc) is 2.48. The summed E-state index contributed by atoms with van der Waals surface area (Å²) in [7, 11) is 0. The minimum atomic E-state index is 0.370. The molecule has 3 atom stereocenters. The van der Waals surface area contributed by atoms with Crippen LogP contribution in [0, 0.1) is 17.3 Å². The Bertz CT molecular complexity index is 209. The van der Waals surface area contributed by atoms with Crippen molar-refractivity contribution >= 4 is 5.78 Å². The van der Waals surface area contributed by atoms with Gasteiger partial charge in [0.2, 0.25) is 0 Å². The second-order valence-electron chi connectivity index (χ2n) is 4.86. The molecule has 0 radical (unpaired) electrons. The van der Waals surface area contributed by atoms with Crippen molar-refractivity contribution in [2.24, 2.45) is 17.3 Å². The van der Waals surface area contributed by atoms with Gasteiger partial charge < -0.3 is 0 Å². The molecule has 2 aliphatic carbocycles. The van der Waals surface area contributed by atoms with Gasteiger partial charge in [-0.25, -0.2) is 0 Å². The third kappa shape index (κ3) is 1.74. The second-order valence-corrected chi connectivity index (χ2v) is 4.86. The van der Waals surface area contributed by atoms with Crippen LogP contribution >= 0.6 is 0 Å². The topological polar surface area (TPSA) is 17.1 Å². The number of carbonyl (C=O) groups is 1. The lowest BCUT2D eigenvalue weighted by Gasteiger charge is -2.38. The zero-order chi connectivity index (χ0) is 10.8. The van der Waals surface area contributed by atoms with Gasteiger partial charge in [-0.2, -0.15) is 0 Å². The van der Waals surface area contributed by atoms with Crippen LogP contribution in [0.2, 0.25) is 0 Å². The summed E-state index contributed by atoms with van der Waals surface area (Å²) in [5.74, 6) is 1.74. The normalized spacial score (nSPS) is 41.3. The minimum Gasteiger partial charge on any atom is -0.299 e. The van der Waals surface area contributed by atoms with Crippen LogP contribution in [0.3, 0.4) is 0 Å². The molecule has 0 amide bonds. The lowest BCUT2D eigenvalue weighted by molar-refractivity contribution is -0.129. The summed E-state index contributed by atoms with van der Waals surface area (Å²) in [6.45, 7) is 8.64. The Balaban J connectivity index is 0.000000461. The van der Waals surface area contributed by atoms with E-state index in [0.29, 0.717) is 17.1 Å². The van der Waals surface area contributed by atoms with Crippen LogP contribution in [0.4, 0.5) is 0 Å². The number of hydrogen-bond donors (Lipinski definition) is 0. The van der Waals surface area contributed by atoms with Crippen LogP contribution in [-0.2, 0) is 4.79 Å². The van der Waals surface area contributed by atoms with Gasteiger partial charge in [-0.15, -0.1) is 0 Å². The van der Waals surface area contributed by atoms with E-state index >= 15 is 0 Å². The maximum atomic E-state index is 11.6. The molecule has 2 saturated carbocycles. The van der Waals surface area contributed by atoms with Crippen molar-refractivity contribution < 1.29 is 4.79 Å². The van der Waals surface area contributed by atoms with Gasteiger partial charge >= 0.3 is 0 Å². The molecule has 1 heteroatoms. The smallest absolute Gasteiger partial charge is 0.136 e. The Morgan fingerprint density at radius 1 is 1.29 bits per heavy atom. The molecule has 0 saturated heterocycles. The minimum absolute atomic E-state index is 0.370. The molecule has 0 heterocycles. The van der Waals surface area contributed by atoms with E-state index < -0.39 is 0 Å². The van der Waals surface area contributed by atoms with E-state index in [4.69, 9.17) is 0 Å². The van der Waals surface area contributed by atoms with E-state index in [1.165, 1.54) is 12.8 Å². The average molecular weight is 196 g/mol. The zero-order valence-corrected chi connectivity index (χ0v) is 10.1. The van der Waals surface area contributed by atoms with E-state index in [0.717, 1.165) is 25.2 Å². The number of carbonyl (C=O) groups excluding carboxylic acids is 1. The van der Waals surface area contributed by atoms with Crippen LogP contribution in [-0.4, -0.2) is 5.78 Å². The Kier molecular flexibility index (Phi) is 3.74. The SMILES string of the molecule is CC.CC1CCC2C(=O)CCCC12C. The fourth-order valence-corrected chi connectivity index (χ4v) is 3.19. The Hall–Kier alpha value is -0.330. The van der Waals surface area contributed by atoms with Crippen molar-refractivity contribution in [1.82, 2.24) is 0 Å². The largest absolute Gasteiger partial charge is 0.299 e. The monoisotopic (exact) mass is 196 g/mol. The van der Waals surface area contributed by atoms with E-state index in [9.17, 15) is 4.79 Å². The first-order valence-corrected chi connectivity index (χ1v) is 6.17. The van der Waals surface area contributed by atoms with Crippen molar-refractivity contribution in [1.29, 1.82) is 0 Å². The van der Waals surface area contributed by atoms with Crippen LogP contribution in [0.15, 0.2) is 0 Å². The van der Waals surface area contributed by atoms with Gasteiger partial charge in [0.25, 0.3) is 0 Å². The Morgan fingerprint density at radius 3 is 2.50 bits per heavy atom. The number of ketones is 1. The maximum absolute atomic E-state index is 11.6. The summed E-state index contributed by atoms with van der Waals surface area (Å²) < 4.78 is 0. The van der Waals surface area contributed by atoms with Crippen molar-refractivity contribution in [3.05, 3.63) is 0 Å². The molecule has 0 aromatic rings. The molecule has 1 nitrogen and oxygen atoms in total. The highest BCUT2D eigenvalue weighted by atomic mass is 16.1. The molecular formula is C13H24O. The molecular weight excluding hydrogens is 172 g/mol. The summed E-state index contributed by atoms with van der Waals surface area (Å²) in [6, 6.07) is 0. The molecule has 2 rings (SSSR count). The molecule has 0 spiro atoms. The Labute approximate surface area is 88.3 Å². The van der Waals surface area contributed by atoms with Gasteiger partial charge in [-0.1, -0.05) is 27.7 Å². The molecule has 82 valence electrons. The van der Waals surface area contributed by atoms with Crippen molar-refractivity contribution in [2.75, 3.05) is 0 Å². The van der Waals surface area contributed by atoms with E-state index in [1.54, 1.807) is 0 Å². The quantitative estimate of drug-likeness (QED) is 0.575. The van der Waals surface area contributed by atoms with E-state index in [1.807, 2.05) is 13.8 Å². The maximum Gasteiger partial charge on any atom is 0.136 e. The van der Waals surface area contributed by atoms with Crippen molar-refractivity contribution in [3.8, 4) is 0 Å². The van der Waals surface area contributed by atoms with Crippen LogP contribution in [0.1, 0.15) is 59.8 Å². The molecule has 0 aromatic carbocycles. The number of hydrogen-bond acceptors (Lipinski definition) is 1. The standard InChI is InChI=1S/C11H18O.C2H6/c1-8-5-6-9-10(12)4-3-7-11(8,9)2;1-2/h8-9H,3-7H2,1-2H3;1-2H3. The molecule has 14 heavy (non-hydrogen) atoms. The lowest BCUT2D eigenvalue weighted by atomic mass is 9.65. The summed E-state index contributed by atoms with van der Waals surface area (Å²) in [6.07, 6.45) is 5.71. The van der Waals surface area contributed by atoms with Gasteiger partial charge in [0, 0.05) is 12.3 Å². The van der Waals surface area contributed by atoms with Gasteiger partial charge in [0.1, 0.15) is 5.78 Å². The highest BCUT2D eigenvalue weighted by molar-refractivity contribution is 5.83. The third-order valence-corrected chi connectivity index (χ3v) is 4.34. The second kappa shape index (κ2) is 4.46. The number of fused-ring (bicyclic) bond motifs is 1. The van der Waals surface area contributed by atoms with Crippen LogP contribution < -0.4 is 0 Å². The van der Waals surface area contributed by atoms with Crippen LogP contribution in [0.5, 0.6) is 0 Å². The molecule has 2 aliphatic rings. The first-order chi connectivity index (χ1) is 6.64. The summed E-state index contributed by atoms with van der Waals surface area (Å²) in [5.41, 5.74) is 0.370. The fraction of sp³-hybridized carbons (Fsp3) is 0.923. The fourth-order valence-electron chi connectivity index (χ4n) is 3.19. The van der Waals surface area contributed by atoms with Crippen LogP contribution in [0.25, 0.3) is 0 Å². The zero-order valence-electron chi connectivity index (χ0n) is 10.1. The first kappa shape index (κ1) is 11.7. The first-order valence-electron chi connectivity index (χ1n) is 6.17. The van der Waals surface area contributed by atoms with Gasteiger partial charge in [0.05, 0.1) is 0 Å². The summed E-state index contributed by atoms with van der Waals surface area (Å²) >= 11 is 0. The molecule has 0 bridgehead atoms. The number of Topliss-reactive ketones (excluding diaryl/α,β-unsaturated/α-hetero) is 1. The summed E-state index contributed by atoms with van der Waals surface area (Å²) in [4.78, 5) is 11.6. The lowest BCUT2D eigenvalue weighted by Crippen LogP contribution is -2.36. The predicted octanol–water partition coefficient (Wildman–Crippen LogP) is 3.82. The summed E-state index contributed by atoms with van der Waals surface area (Å²) in [5, 5.41) is 0. The third-order valence-electron chi connectivity index (χ3n) is 4.34. The van der Waals surface area contributed by atoms with Gasteiger partial charge in [-0.05, 0) is 37.0 Å².